The van der Waals surface area contributed by atoms with Crippen LogP contribution in [0.2, 0.25) is 0 Å². The Hall–Kier alpha value is -3.33. The highest BCUT2D eigenvalue weighted by atomic mass is 32.1. The summed E-state index contributed by atoms with van der Waals surface area (Å²) in [7, 11) is 0. The van der Waals surface area contributed by atoms with Crippen LogP contribution in [0.15, 0.2) is 48.5 Å². The van der Waals surface area contributed by atoms with Crippen LogP contribution >= 0.6 is 12.2 Å². The number of carbonyl (C=O) groups excluding carboxylic acids is 2. The van der Waals surface area contributed by atoms with Crippen molar-refractivity contribution in [2.75, 3.05) is 11.9 Å². The van der Waals surface area contributed by atoms with E-state index < -0.39 is 10.8 Å². The summed E-state index contributed by atoms with van der Waals surface area (Å²) in [4.78, 5) is 34.0. The van der Waals surface area contributed by atoms with Crippen molar-refractivity contribution in [3.63, 3.8) is 0 Å². The second kappa shape index (κ2) is 9.39. The van der Waals surface area contributed by atoms with Crippen LogP contribution in [0.1, 0.15) is 34.1 Å². The van der Waals surface area contributed by atoms with Crippen molar-refractivity contribution < 1.29 is 14.5 Å². The molecule has 0 saturated carbocycles. The molecule has 0 spiro atoms. The summed E-state index contributed by atoms with van der Waals surface area (Å²) in [6.07, 6.45) is 0.855. The number of hydrogen-bond donors (Lipinski definition) is 3. The minimum Gasteiger partial charge on any atom is -0.352 e. The van der Waals surface area contributed by atoms with Gasteiger partial charge in [0.1, 0.15) is 0 Å². The van der Waals surface area contributed by atoms with Crippen LogP contribution < -0.4 is 16.0 Å². The normalized spacial score (nSPS) is 9.96. The number of carbonyl (C=O) groups is 2. The average Bonchev–Trinajstić information content (AvgIpc) is 2.66. The Balaban J connectivity index is 1.92. The zero-order chi connectivity index (χ0) is 19.8. The van der Waals surface area contributed by atoms with E-state index in [1.54, 1.807) is 24.3 Å². The first kappa shape index (κ1) is 20.0. The first-order chi connectivity index (χ1) is 12.9. The highest BCUT2D eigenvalue weighted by Gasteiger charge is 2.11. The van der Waals surface area contributed by atoms with Gasteiger partial charge in [0.15, 0.2) is 5.11 Å². The van der Waals surface area contributed by atoms with E-state index in [2.05, 4.69) is 16.0 Å². The van der Waals surface area contributed by atoms with Gasteiger partial charge in [-0.05, 0) is 55.0 Å². The van der Waals surface area contributed by atoms with E-state index in [4.69, 9.17) is 12.2 Å². The molecule has 0 aromatic heterocycles. The summed E-state index contributed by atoms with van der Waals surface area (Å²) >= 11 is 5.09. The molecule has 27 heavy (non-hydrogen) atoms. The molecule has 3 N–H and O–H groups in total. The molecule has 2 aromatic carbocycles. The van der Waals surface area contributed by atoms with Gasteiger partial charge in [-0.2, -0.15) is 0 Å². The van der Waals surface area contributed by atoms with Crippen molar-refractivity contribution in [2.24, 2.45) is 0 Å². The molecular formula is C18H18N4O4S. The number of nitro groups is 1. The molecule has 140 valence electrons. The molecule has 2 rings (SSSR count). The van der Waals surface area contributed by atoms with Gasteiger partial charge in [0.05, 0.1) is 4.92 Å². The van der Waals surface area contributed by atoms with Crippen molar-refractivity contribution in [2.45, 2.75) is 13.3 Å². The Morgan fingerprint density at radius 1 is 1.00 bits per heavy atom. The molecule has 0 aliphatic carbocycles. The van der Waals surface area contributed by atoms with Crippen molar-refractivity contribution in [3.05, 3.63) is 69.8 Å². The summed E-state index contributed by atoms with van der Waals surface area (Å²) in [6, 6.07) is 11.8. The molecule has 2 aromatic rings. The Morgan fingerprint density at radius 2 is 1.56 bits per heavy atom. The smallest absolute Gasteiger partial charge is 0.269 e. The lowest BCUT2D eigenvalue weighted by Crippen LogP contribution is -2.34. The minimum absolute atomic E-state index is 0.0709. The van der Waals surface area contributed by atoms with Crippen LogP contribution in [0.4, 0.5) is 11.4 Å². The summed E-state index contributed by atoms with van der Waals surface area (Å²) in [5, 5.41) is 18.8. The van der Waals surface area contributed by atoms with Gasteiger partial charge in [-0.25, -0.2) is 0 Å². The first-order valence-corrected chi connectivity index (χ1v) is 8.56. The SMILES string of the molecule is CCCNC(=O)c1ccc(NC(=S)NC(=O)c2ccc([N+](=O)[O-])cc2)cc1. The molecule has 0 aliphatic heterocycles. The topological polar surface area (TPSA) is 113 Å². The largest absolute Gasteiger partial charge is 0.352 e. The first-order valence-electron chi connectivity index (χ1n) is 8.15. The fourth-order valence-electron chi connectivity index (χ4n) is 2.12. The van der Waals surface area contributed by atoms with E-state index in [1.165, 1.54) is 24.3 Å². The molecule has 0 aliphatic rings. The van der Waals surface area contributed by atoms with Gasteiger partial charge in [-0.3, -0.25) is 25.0 Å². The maximum Gasteiger partial charge on any atom is 0.269 e. The molecule has 0 fully saturated rings. The number of benzene rings is 2. The zero-order valence-corrected chi connectivity index (χ0v) is 15.3. The molecule has 0 atom stereocenters. The number of anilines is 1. The van der Waals surface area contributed by atoms with Crippen molar-refractivity contribution in [1.82, 2.24) is 10.6 Å². The fourth-order valence-corrected chi connectivity index (χ4v) is 2.33. The minimum atomic E-state index is -0.542. The van der Waals surface area contributed by atoms with Gasteiger partial charge < -0.3 is 10.6 Å². The van der Waals surface area contributed by atoms with Crippen LogP contribution in [0.25, 0.3) is 0 Å². The van der Waals surface area contributed by atoms with E-state index >= 15 is 0 Å². The van der Waals surface area contributed by atoms with Crippen LogP contribution in [-0.2, 0) is 0 Å². The second-order valence-corrected chi connectivity index (χ2v) is 5.95. The number of non-ortho nitro benzene ring substituents is 1. The fraction of sp³-hybridized carbons (Fsp3) is 0.167. The zero-order valence-electron chi connectivity index (χ0n) is 14.5. The maximum absolute atomic E-state index is 12.1. The molecule has 0 unspecified atom stereocenters. The lowest BCUT2D eigenvalue weighted by molar-refractivity contribution is -0.384. The van der Waals surface area contributed by atoms with Gasteiger partial charge in [0.2, 0.25) is 0 Å². The summed E-state index contributed by atoms with van der Waals surface area (Å²) in [5.74, 6) is -0.643. The predicted octanol–water partition coefficient (Wildman–Crippen LogP) is 2.86. The summed E-state index contributed by atoms with van der Waals surface area (Å²) < 4.78 is 0. The van der Waals surface area contributed by atoms with Gasteiger partial charge in [0, 0.05) is 35.5 Å². The van der Waals surface area contributed by atoms with Crippen LogP contribution in [0, 0.1) is 10.1 Å². The monoisotopic (exact) mass is 386 g/mol. The van der Waals surface area contributed by atoms with Gasteiger partial charge in [-0.15, -0.1) is 0 Å². The number of nitrogens with zero attached hydrogens (tertiary/aromatic N) is 1. The van der Waals surface area contributed by atoms with E-state index in [0.29, 0.717) is 17.8 Å². The van der Waals surface area contributed by atoms with Crippen molar-refractivity contribution in [1.29, 1.82) is 0 Å². The average molecular weight is 386 g/mol. The number of nitrogens with one attached hydrogen (secondary N) is 3. The van der Waals surface area contributed by atoms with Crippen molar-refractivity contribution >= 4 is 40.5 Å². The molecule has 8 nitrogen and oxygen atoms in total. The van der Waals surface area contributed by atoms with E-state index in [0.717, 1.165) is 6.42 Å². The molecule has 0 saturated heterocycles. The number of thiocarbonyl (C=S) groups is 1. The quantitative estimate of drug-likeness (QED) is 0.400. The maximum atomic E-state index is 12.1. The van der Waals surface area contributed by atoms with Gasteiger partial charge in [0.25, 0.3) is 17.5 Å². The molecule has 0 radical (unpaired) electrons. The standard InChI is InChI=1S/C18H18N4O4S/c1-2-11-19-16(23)12-3-7-14(8-4-12)20-18(27)21-17(24)13-5-9-15(10-6-13)22(25)26/h3-10H,2,11H2,1H3,(H,19,23)(H2,20,21,24,27). The molecule has 0 heterocycles. The lowest BCUT2D eigenvalue weighted by Gasteiger charge is -2.10. The van der Waals surface area contributed by atoms with Crippen molar-refractivity contribution in [3.8, 4) is 0 Å². The number of nitro benzene ring substituents is 1. The number of hydrogen-bond acceptors (Lipinski definition) is 5. The van der Waals surface area contributed by atoms with Crippen LogP contribution in [0.3, 0.4) is 0 Å². The Labute approximate surface area is 161 Å². The Kier molecular flexibility index (Phi) is 6.95. The Morgan fingerprint density at radius 3 is 2.11 bits per heavy atom. The third kappa shape index (κ3) is 5.86. The summed E-state index contributed by atoms with van der Waals surface area (Å²) in [6.45, 7) is 2.58. The van der Waals surface area contributed by atoms with Crippen LogP contribution in [-0.4, -0.2) is 28.4 Å². The number of rotatable bonds is 6. The van der Waals surface area contributed by atoms with Crippen LogP contribution in [0.5, 0.6) is 0 Å². The van der Waals surface area contributed by atoms with Gasteiger partial charge >= 0.3 is 0 Å². The summed E-state index contributed by atoms with van der Waals surface area (Å²) in [5.41, 5.74) is 1.27. The van der Waals surface area contributed by atoms with E-state index in [-0.39, 0.29) is 22.3 Å². The highest BCUT2D eigenvalue weighted by Crippen LogP contribution is 2.12. The lowest BCUT2D eigenvalue weighted by atomic mass is 10.2. The molecule has 2 amide bonds. The van der Waals surface area contributed by atoms with E-state index in [1.807, 2.05) is 6.92 Å². The second-order valence-electron chi connectivity index (χ2n) is 5.55. The third-order valence-corrected chi connectivity index (χ3v) is 3.71. The third-order valence-electron chi connectivity index (χ3n) is 3.51. The predicted molar refractivity (Wildman–Crippen MR) is 106 cm³/mol. The molecule has 0 bridgehead atoms. The van der Waals surface area contributed by atoms with Gasteiger partial charge in [-0.1, -0.05) is 6.92 Å². The number of amides is 2. The Bertz CT molecular complexity index is 851. The molecule has 9 heteroatoms. The molecular weight excluding hydrogens is 368 g/mol. The highest BCUT2D eigenvalue weighted by molar-refractivity contribution is 7.80. The van der Waals surface area contributed by atoms with E-state index in [9.17, 15) is 19.7 Å².